The summed E-state index contributed by atoms with van der Waals surface area (Å²) < 4.78 is 33.1. The maximum absolute atomic E-state index is 13.7. The number of halogens is 1. The molecule has 6 heteroatoms. The maximum Gasteiger partial charge on any atom is 0.124 e. The Labute approximate surface area is 286 Å². The second-order valence-electron chi connectivity index (χ2n) is 11.7. The largest absolute Gasteiger partial charge is 0.305 e. The number of benzene rings is 4. The predicted octanol–water partition coefficient (Wildman–Crippen LogP) is 10.0. The number of hydrogen-bond acceptors (Lipinski definition) is 3. The number of aryl methyl sites for hydroxylation is 1. The molecule has 7 aromatic rings. The molecule has 7 rings (SSSR count). The van der Waals surface area contributed by atoms with Crippen LogP contribution in [0, 0.1) is 24.9 Å². The summed E-state index contributed by atoms with van der Waals surface area (Å²) in [5.74, 6) is -0.258. The van der Waals surface area contributed by atoms with Gasteiger partial charge in [-0.25, -0.2) is 4.39 Å². The van der Waals surface area contributed by atoms with Crippen LogP contribution in [0.1, 0.15) is 19.4 Å². The van der Waals surface area contributed by atoms with E-state index < -0.39 is 14.4 Å². The smallest absolute Gasteiger partial charge is 0.124 e. The van der Waals surface area contributed by atoms with Gasteiger partial charge in [0, 0.05) is 39.9 Å². The summed E-state index contributed by atoms with van der Waals surface area (Å²) in [6.45, 7) is 8.91. The van der Waals surface area contributed by atoms with E-state index in [0.29, 0.717) is 16.8 Å². The molecule has 0 saturated carbocycles. The second kappa shape index (κ2) is 14.1. The molecule has 0 atom stereocenters. The maximum atomic E-state index is 13.7. The van der Waals surface area contributed by atoms with E-state index in [-0.39, 0.29) is 25.9 Å². The van der Waals surface area contributed by atoms with E-state index in [0.717, 1.165) is 42.6 Å². The summed E-state index contributed by atoms with van der Waals surface area (Å²) in [5, 5.41) is 3.42. The van der Waals surface area contributed by atoms with Crippen LogP contribution >= 0.6 is 11.3 Å². The normalized spacial score (nSPS) is 12.1. The summed E-state index contributed by atoms with van der Waals surface area (Å²) >= 11 is 1.50. The Morgan fingerprint density at radius 1 is 0.822 bits per heavy atom. The first kappa shape index (κ1) is 29.9. The molecule has 0 N–H and O–H groups in total. The van der Waals surface area contributed by atoms with Gasteiger partial charge in [0.15, 0.2) is 0 Å². The van der Waals surface area contributed by atoms with E-state index in [2.05, 4.69) is 53.9 Å². The summed E-state index contributed by atoms with van der Waals surface area (Å²) in [4.78, 5) is 9.03. The number of fused-ring (bicyclic) bond motifs is 3. The first-order valence-electron chi connectivity index (χ1n) is 15.5. The van der Waals surface area contributed by atoms with Gasteiger partial charge < -0.3 is 9.97 Å². The quantitative estimate of drug-likeness (QED) is 0.128. The third-order valence-electron chi connectivity index (χ3n) is 7.45. The van der Waals surface area contributed by atoms with Crippen LogP contribution in [0.25, 0.3) is 42.7 Å². The number of aromatic nitrogens is 2. The Balaban J connectivity index is 0.000000217. The van der Waals surface area contributed by atoms with Gasteiger partial charge in [0.2, 0.25) is 0 Å². The Hall–Kier alpha value is -3.80. The molecular weight excluding hydrogens is 768 g/mol. The van der Waals surface area contributed by atoms with Crippen molar-refractivity contribution in [1.29, 1.82) is 0 Å². The Bertz CT molecular complexity index is 2150. The fourth-order valence-corrected chi connectivity index (χ4v) is 7.24. The van der Waals surface area contributed by atoms with Crippen LogP contribution in [0.3, 0.4) is 0 Å². The van der Waals surface area contributed by atoms with E-state index >= 15 is 0 Å². The zero-order valence-electron chi connectivity index (χ0n) is 27.5. The van der Waals surface area contributed by atoms with Crippen LogP contribution in [0.2, 0.25) is 19.6 Å². The molecule has 4 aromatic carbocycles. The van der Waals surface area contributed by atoms with Crippen LogP contribution in [-0.2, 0) is 26.5 Å². The van der Waals surface area contributed by atoms with Crippen molar-refractivity contribution >= 4 is 44.8 Å². The Kier molecular flexibility index (Phi) is 9.36. The number of thiophene rings is 1. The number of pyridine rings is 2. The molecule has 3 heterocycles. The topological polar surface area (TPSA) is 25.8 Å². The monoisotopic (exact) mass is 803 g/mol. The van der Waals surface area contributed by atoms with Crippen molar-refractivity contribution in [2.24, 2.45) is 0 Å². The summed E-state index contributed by atoms with van der Waals surface area (Å²) in [6.07, 6.45) is 2.00. The molecule has 227 valence electrons. The average Bonchev–Trinajstić information content (AvgIpc) is 3.43. The molecule has 1 radical (unpaired) electrons. The molecule has 0 fully saturated rings. The van der Waals surface area contributed by atoms with E-state index in [1.165, 1.54) is 22.6 Å². The van der Waals surface area contributed by atoms with Gasteiger partial charge in [-0.05, 0) is 74.8 Å². The zero-order chi connectivity index (χ0) is 32.5. The summed E-state index contributed by atoms with van der Waals surface area (Å²) in [5.41, 5.74) is 5.61. The van der Waals surface area contributed by atoms with Gasteiger partial charge in [-0.15, -0.1) is 59.7 Å². The molecular formula is C39H33FIrN2SSi-2. The van der Waals surface area contributed by atoms with Gasteiger partial charge in [-0.2, -0.15) is 11.3 Å². The predicted molar refractivity (Wildman–Crippen MR) is 187 cm³/mol. The minimum atomic E-state index is -1.65. The number of nitrogens with zero attached hydrogens (tertiary/aromatic N) is 2. The summed E-state index contributed by atoms with van der Waals surface area (Å²) in [6, 6.07) is 38.4. The van der Waals surface area contributed by atoms with Crippen molar-refractivity contribution in [3.05, 3.63) is 150 Å². The zero-order valence-corrected chi connectivity index (χ0v) is 29.7. The van der Waals surface area contributed by atoms with E-state index in [4.69, 9.17) is 2.74 Å². The third-order valence-corrected chi connectivity index (χ3v) is 10.7. The van der Waals surface area contributed by atoms with Crippen LogP contribution in [0.5, 0.6) is 0 Å². The number of rotatable bonds is 5. The van der Waals surface area contributed by atoms with E-state index in [1.54, 1.807) is 30.5 Å². The van der Waals surface area contributed by atoms with Gasteiger partial charge in [0.05, 0.1) is 8.07 Å². The fourth-order valence-electron chi connectivity index (χ4n) is 4.97. The second-order valence-corrected chi connectivity index (χ2v) is 17.8. The molecule has 0 saturated heterocycles. The van der Waals surface area contributed by atoms with Crippen molar-refractivity contribution in [2.45, 2.75) is 32.9 Å². The molecule has 0 spiro atoms. The third kappa shape index (κ3) is 7.54. The molecule has 0 aliphatic carbocycles. The van der Waals surface area contributed by atoms with Crippen molar-refractivity contribution in [1.82, 2.24) is 9.97 Å². The molecule has 2 nitrogen and oxygen atoms in total. The first-order chi connectivity index (χ1) is 22.0. The van der Waals surface area contributed by atoms with Crippen molar-refractivity contribution < 1.29 is 27.2 Å². The van der Waals surface area contributed by atoms with Gasteiger partial charge >= 0.3 is 0 Å². The standard InChI is InChI=1S/C25H17FNS.C14H16NSi.Ir/c1-16-5-2-3-6-18(16)13-17-11-12-27-23(14-17)22-8-4-7-21-20-10-9-19(26)15-24(20)28-25(21)22;1-16(2,3)13-9-10-14(15-11-13)12-7-5-4-6-8-12;/h2-7,9-12,14-15H,13H2,1H3;4-7,9-11H,1-3H3;/q2*-1;/i13D2;;. The number of hydrogen-bond donors (Lipinski definition) is 0. The average molecular weight is 803 g/mol. The first-order valence-corrected chi connectivity index (χ1v) is 18.8. The van der Waals surface area contributed by atoms with Crippen molar-refractivity contribution in [3.8, 4) is 22.5 Å². The van der Waals surface area contributed by atoms with Gasteiger partial charge in [-0.3, -0.25) is 0 Å². The molecule has 0 amide bonds. The minimum absolute atomic E-state index is 0. The van der Waals surface area contributed by atoms with E-state index in [1.807, 2.05) is 73.8 Å². The Morgan fingerprint density at radius 3 is 2.38 bits per heavy atom. The van der Waals surface area contributed by atoms with Gasteiger partial charge in [0.1, 0.15) is 5.82 Å². The van der Waals surface area contributed by atoms with Crippen LogP contribution in [0.4, 0.5) is 4.39 Å². The molecule has 0 aliphatic rings. The molecule has 0 unspecified atom stereocenters. The van der Waals surface area contributed by atoms with Gasteiger partial charge in [0.25, 0.3) is 0 Å². The van der Waals surface area contributed by atoms with Crippen LogP contribution in [0.15, 0.2) is 116 Å². The van der Waals surface area contributed by atoms with Gasteiger partial charge in [-0.1, -0.05) is 73.6 Å². The molecule has 3 aromatic heterocycles. The minimum Gasteiger partial charge on any atom is -0.305 e. The summed E-state index contributed by atoms with van der Waals surface area (Å²) in [7, 11) is -1.23. The van der Waals surface area contributed by atoms with E-state index in [9.17, 15) is 4.39 Å². The molecule has 0 bridgehead atoms. The SMILES string of the molecule is C[Si](C)(C)c1ccc(-c2[c-]cccc2)nc1.[2H]C([2H])(c1ccnc(-c2[c-]ccc3c2sc2cc(F)ccc23)c1)c1ccccc1C.[Ir]. The van der Waals surface area contributed by atoms with Crippen LogP contribution < -0.4 is 5.19 Å². The Morgan fingerprint density at radius 2 is 1.64 bits per heavy atom. The fraction of sp³-hybridized carbons (Fsp3) is 0.128. The van der Waals surface area contributed by atoms with Crippen LogP contribution in [-0.4, -0.2) is 18.0 Å². The molecule has 45 heavy (non-hydrogen) atoms. The molecule has 0 aliphatic heterocycles. The van der Waals surface area contributed by atoms with Crippen molar-refractivity contribution in [3.63, 3.8) is 0 Å². The van der Waals surface area contributed by atoms with Crippen molar-refractivity contribution in [2.75, 3.05) is 0 Å².